The van der Waals surface area contributed by atoms with E-state index >= 15 is 0 Å². The van der Waals surface area contributed by atoms with Gasteiger partial charge in [0.1, 0.15) is 17.3 Å². The van der Waals surface area contributed by atoms with Crippen LogP contribution < -0.4 is 35.7 Å². The van der Waals surface area contributed by atoms with Gasteiger partial charge in [-0.3, -0.25) is 27.7 Å². The molecule has 3 aromatic heterocycles. The largest absolute Gasteiger partial charge is 0.497 e. The third kappa shape index (κ3) is 18.2. The van der Waals surface area contributed by atoms with Crippen LogP contribution in [0.4, 0.5) is 38.9 Å². The Balaban J connectivity index is 0.000000181. The number of hydrogen-bond acceptors (Lipinski definition) is 23. The number of anilines is 6. The van der Waals surface area contributed by atoms with Crippen LogP contribution in [0.25, 0.3) is 32.3 Å². The normalized spacial score (nSPS) is 11.7. The lowest BCUT2D eigenvalue weighted by Crippen LogP contribution is -2.35. The van der Waals surface area contributed by atoms with Crippen LogP contribution in [0.5, 0.6) is 11.5 Å². The Morgan fingerprint density at radius 1 is 0.342 bits per heavy atom. The second kappa shape index (κ2) is 36.0. The van der Waals surface area contributed by atoms with E-state index in [-0.39, 0.29) is 96.4 Å². The maximum absolute atomic E-state index is 13.7. The highest BCUT2D eigenvalue weighted by Crippen LogP contribution is 2.41. The minimum atomic E-state index is -4.26. The van der Waals surface area contributed by atoms with Crippen LogP contribution in [0.3, 0.4) is 0 Å². The average Bonchev–Trinajstić information content (AvgIpc) is 0.753. The number of nitrogens with zero attached hydrogens (tertiary/aromatic N) is 8. The van der Waals surface area contributed by atoms with Crippen LogP contribution in [0.15, 0.2) is 266 Å². The number of hydrogen-bond donors (Lipinski definition) is 1. The second-order valence-electron chi connectivity index (χ2n) is 24.5. The summed E-state index contributed by atoms with van der Waals surface area (Å²) in [6.07, 6.45) is 3.78. The third-order valence-electron chi connectivity index (χ3n) is 17.4. The van der Waals surface area contributed by atoms with E-state index in [1.165, 1.54) is 134 Å². The number of aryl methyl sites for hydroxylation is 3. The molecule has 12 rings (SSSR count). The number of carbonyl (C=O) groups excluding carboxylic acids is 3. The molecule has 594 valence electrons. The molecule has 0 aliphatic heterocycles. The number of nitrogens with one attached hydrogen (secondary N) is 1. The summed E-state index contributed by atoms with van der Waals surface area (Å²) >= 11 is 0. The van der Waals surface area contributed by atoms with Crippen molar-refractivity contribution in [2.24, 2.45) is 0 Å². The first-order chi connectivity index (χ1) is 54.4. The van der Waals surface area contributed by atoms with Crippen molar-refractivity contribution in [1.29, 1.82) is 0 Å². The van der Waals surface area contributed by atoms with Gasteiger partial charge >= 0.3 is 0 Å². The molecular formula is C78H74FN9O20S6. The number of halogens is 1. The molecule has 36 heteroatoms. The van der Waals surface area contributed by atoms with Crippen LogP contribution in [-0.2, 0) is 88.7 Å². The molecule has 0 amide bonds. The molecule has 0 radical (unpaired) electrons. The summed E-state index contributed by atoms with van der Waals surface area (Å²) < 4.78 is 207. The Morgan fingerprint density at radius 2 is 0.605 bits per heavy atom. The highest BCUT2D eigenvalue weighted by Gasteiger charge is 2.35. The predicted octanol–water partition coefficient (Wildman–Crippen LogP) is 12.0. The average molecular weight is 1670 g/mol. The molecular weight excluding hydrogens is 1590 g/mol. The Labute approximate surface area is 658 Å². The number of rotatable bonds is 31. The van der Waals surface area contributed by atoms with Gasteiger partial charge in [0.05, 0.1) is 79.2 Å². The van der Waals surface area contributed by atoms with Crippen molar-refractivity contribution in [1.82, 2.24) is 15.0 Å². The number of methoxy groups -OCH3 is 2. The second-order valence-corrected chi connectivity index (χ2v) is 35.5. The summed E-state index contributed by atoms with van der Waals surface area (Å²) in [4.78, 5) is 45.9. The molecule has 0 fully saturated rings. The number of pyridine rings is 3. The van der Waals surface area contributed by atoms with Crippen LogP contribution in [0.2, 0.25) is 0 Å². The van der Waals surface area contributed by atoms with E-state index in [0.717, 1.165) is 46.0 Å². The van der Waals surface area contributed by atoms with E-state index in [2.05, 4.69) is 19.7 Å². The monoisotopic (exact) mass is 1670 g/mol. The molecule has 0 aliphatic rings. The lowest BCUT2D eigenvalue weighted by atomic mass is 10.1. The van der Waals surface area contributed by atoms with E-state index in [9.17, 15) is 69.3 Å². The highest BCUT2D eigenvalue weighted by atomic mass is 32.2. The zero-order valence-corrected chi connectivity index (χ0v) is 66.8. The van der Waals surface area contributed by atoms with E-state index in [4.69, 9.17) is 23.7 Å². The van der Waals surface area contributed by atoms with Gasteiger partial charge in [0.25, 0.3) is 79.6 Å². The fourth-order valence-electron chi connectivity index (χ4n) is 11.6. The standard InChI is InChI=1S/C27H27N3O7S2.C26H24FN3O6S2.C25H23N3O7S2/c1-4-29(38(32,33)22-13-9-20(2)10-14-22)26-17-28-27(25-8-6-5-7-24(25)26)30(18-37-19-31)39(34,35)23-15-11-21(36-3)12-16-23;1-3-29(37(32,33)22-14-10-20(27)11-15-22)25-16-28-26(24-7-5-4-6-23(24)25)30(17-36-18-31)38(34,35)21-12-8-19(2)9-13-21;1-18-7-11-20(12-8-18)36(30,31)27-24-15-26-25(23-6-4-3-5-22(23)24)28(16-35-17-29)37(32,33)21-13-9-19(34-2)10-14-21/h5-17,19H,4,18H2,1-3H3;4-16,18H,3,17H2,1-2H3;3-15,17,27H,16H2,1-2H3. The SMILES string of the molecule is CCN(c1cnc(N(COC=O)S(=O)(=O)c2ccc(C)cc2)c2ccccc12)S(=O)(=O)c1ccc(F)cc1.CCN(c1cnc(N(COC=O)S(=O)(=O)c2ccc(OC)cc2)c2ccccc12)S(=O)(=O)c1ccc(C)cc1.COc1ccc(S(=O)(=O)N(COC=O)c2ncc(NS(=O)(=O)c3ccc(C)cc3)c3ccccc23)cc1. The summed E-state index contributed by atoms with van der Waals surface area (Å²) in [5.74, 6) is 0.218. The van der Waals surface area contributed by atoms with Gasteiger partial charge in [-0.15, -0.1) is 0 Å². The molecule has 12 aromatic rings. The molecule has 0 aliphatic carbocycles. The molecule has 114 heavy (non-hydrogen) atoms. The first-order valence-corrected chi connectivity index (χ1v) is 42.8. The van der Waals surface area contributed by atoms with E-state index in [1.807, 2.05) is 20.8 Å². The molecule has 0 spiro atoms. The predicted molar refractivity (Wildman–Crippen MR) is 427 cm³/mol. The van der Waals surface area contributed by atoms with E-state index < -0.39 is 86.1 Å². The molecule has 0 atom stereocenters. The van der Waals surface area contributed by atoms with Gasteiger partial charge in [0.15, 0.2) is 37.6 Å². The Hall–Kier alpha value is -12.4. The topological polar surface area (TPSA) is 369 Å². The highest BCUT2D eigenvalue weighted by molar-refractivity contribution is 7.94. The third-order valence-corrected chi connectivity index (χ3v) is 27.7. The van der Waals surface area contributed by atoms with Crippen molar-refractivity contribution in [3.63, 3.8) is 0 Å². The van der Waals surface area contributed by atoms with Gasteiger partial charge in [-0.05, 0) is 144 Å². The summed E-state index contributed by atoms with van der Waals surface area (Å²) in [6, 6.07) is 54.7. The van der Waals surface area contributed by atoms with Gasteiger partial charge in [0.2, 0.25) is 0 Å². The van der Waals surface area contributed by atoms with Crippen molar-refractivity contribution in [2.45, 2.75) is 64.0 Å². The number of benzene rings is 9. The van der Waals surface area contributed by atoms with Crippen molar-refractivity contribution in [3.05, 3.63) is 259 Å². The van der Waals surface area contributed by atoms with Gasteiger partial charge in [0, 0.05) is 45.4 Å². The summed E-state index contributed by atoms with van der Waals surface area (Å²) in [6.45, 7) is 7.43. The van der Waals surface area contributed by atoms with Crippen LogP contribution in [0, 0.1) is 26.6 Å². The molecule has 9 aromatic carbocycles. The first-order valence-electron chi connectivity index (χ1n) is 34.1. The molecule has 0 unspecified atom stereocenters. The van der Waals surface area contributed by atoms with Crippen molar-refractivity contribution < 1.29 is 93.0 Å². The van der Waals surface area contributed by atoms with Crippen molar-refractivity contribution in [3.8, 4) is 11.5 Å². The fourth-order valence-corrected chi connectivity index (χ4v) is 19.6. The van der Waals surface area contributed by atoms with Crippen LogP contribution >= 0.6 is 0 Å². The Kier molecular flexibility index (Phi) is 26.6. The maximum atomic E-state index is 13.7. The number of sulfonamides is 6. The van der Waals surface area contributed by atoms with Gasteiger partial charge in [-0.2, -0.15) is 0 Å². The van der Waals surface area contributed by atoms with Crippen LogP contribution in [-0.4, -0.2) is 132 Å². The maximum Gasteiger partial charge on any atom is 0.294 e. The van der Waals surface area contributed by atoms with Gasteiger partial charge < -0.3 is 23.7 Å². The van der Waals surface area contributed by atoms with Gasteiger partial charge in [-0.25, -0.2) is 82.8 Å². The number of carbonyl (C=O) groups is 3. The number of ether oxygens (including phenoxy) is 5. The molecule has 3 heterocycles. The summed E-state index contributed by atoms with van der Waals surface area (Å²) in [5, 5.41) is 2.20. The molecule has 0 saturated carbocycles. The molecule has 1 N–H and O–H groups in total. The van der Waals surface area contributed by atoms with E-state index in [0.29, 0.717) is 43.8 Å². The lowest BCUT2D eigenvalue weighted by Gasteiger charge is -2.27. The van der Waals surface area contributed by atoms with Crippen LogP contribution in [0.1, 0.15) is 30.5 Å². The molecule has 0 bridgehead atoms. The number of fused-ring (bicyclic) bond motifs is 3. The first kappa shape index (κ1) is 84.1. The smallest absolute Gasteiger partial charge is 0.294 e. The molecule has 29 nitrogen and oxygen atoms in total. The fraction of sp³-hybridized carbons (Fsp3) is 0.154. The quantitative estimate of drug-likeness (QED) is 0.0239. The minimum absolute atomic E-state index is 0.0182. The number of aromatic nitrogens is 3. The summed E-state index contributed by atoms with van der Waals surface area (Å²) in [7, 11) is -21.8. The Bertz CT molecular complexity index is 6210. The summed E-state index contributed by atoms with van der Waals surface area (Å²) in [5.41, 5.74) is 3.30. The molecule has 0 saturated heterocycles. The van der Waals surface area contributed by atoms with Crippen molar-refractivity contribution in [2.75, 3.05) is 73.7 Å². The van der Waals surface area contributed by atoms with Crippen molar-refractivity contribution >= 4 is 146 Å². The Morgan fingerprint density at radius 3 is 0.912 bits per heavy atom. The zero-order valence-electron chi connectivity index (χ0n) is 61.9. The zero-order chi connectivity index (χ0) is 82.3. The lowest BCUT2D eigenvalue weighted by molar-refractivity contribution is -0.129. The van der Waals surface area contributed by atoms with Gasteiger partial charge in [-0.1, -0.05) is 126 Å². The van der Waals surface area contributed by atoms with E-state index in [1.54, 1.807) is 123 Å². The minimum Gasteiger partial charge on any atom is -0.497 e.